The van der Waals surface area contributed by atoms with Gasteiger partial charge in [0.2, 0.25) is 0 Å². The van der Waals surface area contributed by atoms with Crippen LogP contribution in [-0.4, -0.2) is 9.55 Å². The van der Waals surface area contributed by atoms with E-state index in [1.54, 1.807) is 0 Å². The molecular weight excluding hydrogens is 100 g/mol. The lowest BCUT2D eigenvalue weighted by Crippen LogP contribution is -1.86. The van der Waals surface area contributed by atoms with Crippen LogP contribution in [0.5, 0.6) is 0 Å². The Morgan fingerprint density at radius 1 is 1.75 bits per heavy atom. The highest BCUT2D eigenvalue weighted by molar-refractivity contribution is 5.07. The molecule has 2 radical (unpaired) electrons. The zero-order valence-corrected chi connectivity index (χ0v) is 4.46. The van der Waals surface area contributed by atoms with Gasteiger partial charge in [-0.25, -0.2) is 4.98 Å². The molecule has 2 rings (SSSR count). The molecule has 0 saturated heterocycles. The van der Waals surface area contributed by atoms with E-state index in [1.165, 1.54) is 5.69 Å². The molecular formula is C6H6N2. The normalized spacial score (nSPS) is 16.5. The number of fused-ring (bicyclic) bond motifs is 1. The zero-order valence-electron chi connectivity index (χ0n) is 4.46. The Kier molecular flexibility index (Phi) is 0.692. The minimum absolute atomic E-state index is 0.926. The minimum Gasteiger partial charge on any atom is -0.334 e. The Labute approximate surface area is 48.2 Å². The SMILES string of the molecule is [C]1Cc2cncn2C1. The molecule has 0 unspecified atom stereocenters. The highest BCUT2D eigenvalue weighted by Crippen LogP contribution is 2.10. The number of hydrogen-bond acceptors (Lipinski definition) is 1. The van der Waals surface area contributed by atoms with Crippen molar-refractivity contribution in [2.24, 2.45) is 0 Å². The summed E-state index contributed by atoms with van der Waals surface area (Å²) in [7, 11) is 0. The second-order valence-corrected chi connectivity index (χ2v) is 1.94. The molecule has 2 heterocycles. The average molecular weight is 106 g/mol. The maximum absolute atomic E-state index is 3.97. The van der Waals surface area contributed by atoms with Crippen LogP contribution in [0.4, 0.5) is 0 Å². The maximum atomic E-state index is 3.97. The van der Waals surface area contributed by atoms with Gasteiger partial charge in [-0.2, -0.15) is 0 Å². The summed E-state index contributed by atoms with van der Waals surface area (Å²) in [6.45, 7) is 0.926. The second-order valence-electron chi connectivity index (χ2n) is 1.94. The largest absolute Gasteiger partial charge is 0.334 e. The van der Waals surface area contributed by atoms with Gasteiger partial charge in [-0.3, -0.25) is 0 Å². The lowest BCUT2D eigenvalue weighted by molar-refractivity contribution is 0.826. The smallest absolute Gasteiger partial charge is 0.0948 e. The van der Waals surface area contributed by atoms with Crippen molar-refractivity contribution < 1.29 is 0 Å². The molecule has 1 aromatic heterocycles. The summed E-state index contributed by atoms with van der Waals surface area (Å²) < 4.78 is 2.10. The van der Waals surface area contributed by atoms with E-state index in [0.717, 1.165) is 13.0 Å². The van der Waals surface area contributed by atoms with Gasteiger partial charge in [-0.15, -0.1) is 0 Å². The summed E-state index contributed by atoms with van der Waals surface area (Å²) >= 11 is 0. The zero-order chi connectivity index (χ0) is 5.40. The van der Waals surface area contributed by atoms with Crippen molar-refractivity contribution in [2.45, 2.75) is 13.0 Å². The molecule has 0 N–H and O–H groups in total. The Morgan fingerprint density at radius 3 is 3.62 bits per heavy atom. The quantitative estimate of drug-likeness (QED) is 0.471. The summed E-state index contributed by atoms with van der Waals surface area (Å²) in [5, 5.41) is 0. The van der Waals surface area contributed by atoms with Crippen LogP contribution in [0.2, 0.25) is 0 Å². The van der Waals surface area contributed by atoms with Gasteiger partial charge in [-0.05, 0) is 6.42 Å². The summed E-state index contributed by atoms with van der Waals surface area (Å²) in [5.74, 6) is 0. The first-order valence-electron chi connectivity index (χ1n) is 2.66. The van der Waals surface area contributed by atoms with Gasteiger partial charge in [0.05, 0.1) is 6.33 Å². The Hall–Kier alpha value is -0.790. The minimum atomic E-state index is 0.926. The van der Waals surface area contributed by atoms with Gasteiger partial charge in [0.1, 0.15) is 0 Å². The average Bonchev–Trinajstić information content (AvgIpc) is 2.15. The molecule has 8 heavy (non-hydrogen) atoms. The van der Waals surface area contributed by atoms with E-state index in [9.17, 15) is 0 Å². The molecule has 0 bridgehead atoms. The first-order chi connectivity index (χ1) is 3.97. The summed E-state index contributed by atoms with van der Waals surface area (Å²) in [6, 6.07) is 0. The number of imidazole rings is 1. The molecule has 0 amide bonds. The molecule has 1 aliphatic heterocycles. The third-order valence-corrected chi connectivity index (χ3v) is 1.39. The predicted molar refractivity (Wildman–Crippen MR) is 29.2 cm³/mol. The van der Waals surface area contributed by atoms with Crippen molar-refractivity contribution >= 4 is 0 Å². The van der Waals surface area contributed by atoms with Crippen molar-refractivity contribution in [3.05, 3.63) is 24.6 Å². The van der Waals surface area contributed by atoms with Crippen LogP contribution in [-0.2, 0) is 13.0 Å². The molecule has 2 heteroatoms. The number of nitrogens with zero attached hydrogens (tertiary/aromatic N) is 2. The topological polar surface area (TPSA) is 17.8 Å². The summed E-state index contributed by atoms with van der Waals surface area (Å²) in [4.78, 5) is 3.97. The fourth-order valence-electron chi connectivity index (χ4n) is 0.942. The lowest BCUT2D eigenvalue weighted by atomic mass is 10.3. The van der Waals surface area contributed by atoms with E-state index in [4.69, 9.17) is 0 Å². The second kappa shape index (κ2) is 1.34. The third kappa shape index (κ3) is 0.399. The molecule has 0 spiro atoms. The van der Waals surface area contributed by atoms with E-state index in [2.05, 4.69) is 16.0 Å². The van der Waals surface area contributed by atoms with Gasteiger partial charge in [0.25, 0.3) is 0 Å². The molecule has 0 saturated carbocycles. The van der Waals surface area contributed by atoms with Crippen molar-refractivity contribution in [2.75, 3.05) is 0 Å². The van der Waals surface area contributed by atoms with Crippen molar-refractivity contribution in [3.63, 3.8) is 0 Å². The van der Waals surface area contributed by atoms with Crippen LogP contribution in [0, 0.1) is 6.42 Å². The molecule has 0 fully saturated rings. The van der Waals surface area contributed by atoms with Gasteiger partial charge < -0.3 is 4.57 Å². The Bertz CT molecular complexity index is 172. The van der Waals surface area contributed by atoms with E-state index >= 15 is 0 Å². The van der Waals surface area contributed by atoms with E-state index in [0.29, 0.717) is 0 Å². The number of aromatic nitrogens is 2. The maximum Gasteiger partial charge on any atom is 0.0948 e. The lowest BCUT2D eigenvalue weighted by Gasteiger charge is -1.87. The molecule has 2 nitrogen and oxygen atoms in total. The van der Waals surface area contributed by atoms with E-state index in [-0.39, 0.29) is 0 Å². The van der Waals surface area contributed by atoms with Gasteiger partial charge in [-0.1, -0.05) is 0 Å². The molecule has 1 aliphatic rings. The highest BCUT2D eigenvalue weighted by atomic mass is 15.1. The summed E-state index contributed by atoms with van der Waals surface area (Å²) in [5.41, 5.74) is 1.28. The van der Waals surface area contributed by atoms with Crippen LogP contribution in [0.25, 0.3) is 0 Å². The standard InChI is InChI=1S/C6H6N2/c1-2-6-4-7-5-8(6)3-1/h4-5H,2-3H2. The molecule has 0 atom stereocenters. The highest BCUT2D eigenvalue weighted by Gasteiger charge is 2.08. The van der Waals surface area contributed by atoms with Crippen LogP contribution >= 0.6 is 0 Å². The van der Waals surface area contributed by atoms with Gasteiger partial charge in [0, 0.05) is 24.9 Å². The third-order valence-electron chi connectivity index (χ3n) is 1.39. The fourth-order valence-corrected chi connectivity index (χ4v) is 0.942. The number of rotatable bonds is 0. The van der Waals surface area contributed by atoms with Crippen molar-refractivity contribution in [3.8, 4) is 0 Å². The van der Waals surface area contributed by atoms with Crippen LogP contribution < -0.4 is 0 Å². The van der Waals surface area contributed by atoms with Crippen LogP contribution in [0.3, 0.4) is 0 Å². The van der Waals surface area contributed by atoms with Crippen LogP contribution in [0.1, 0.15) is 5.69 Å². The first-order valence-corrected chi connectivity index (χ1v) is 2.66. The monoisotopic (exact) mass is 106 g/mol. The molecule has 0 aliphatic carbocycles. The van der Waals surface area contributed by atoms with Crippen molar-refractivity contribution in [1.82, 2.24) is 9.55 Å². The fraction of sp³-hybridized carbons (Fsp3) is 0.333. The van der Waals surface area contributed by atoms with Gasteiger partial charge in [0.15, 0.2) is 0 Å². The molecule has 40 valence electrons. The first kappa shape index (κ1) is 4.13. The predicted octanol–water partition coefficient (Wildman–Crippen LogP) is 0.520. The van der Waals surface area contributed by atoms with Crippen molar-refractivity contribution in [1.29, 1.82) is 0 Å². The summed E-state index contributed by atoms with van der Waals surface area (Å²) in [6.07, 6.45) is 7.89. The van der Waals surface area contributed by atoms with E-state index < -0.39 is 0 Å². The van der Waals surface area contributed by atoms with Crippen LogP contribution in [0.15, 0.2) is 12.5 Å². The molecule has 0 aromatic carbocycles. The van der Waals surface area contributed by atoms with Gasteiger partial charge >= 0.3 is 0 Å². The number of hydrogen-bond donors (Lipinski definition) is 0. The Balaban J connectivity index is 2.54. The molecule has 1 aromatic rings. The Morgan fingerprint density at radius 2 is 2.75 bits per heavy atom. The van der Waals surface area contributed by atoms with E-state index in [1.807, 2.05) is 12.5 Å².